The second kappa shape index (κ2) is 5.85. The minimum Gasteiger partial charge on any atom is -0.491 e. The first-order valence-electron chi connectivity index (χ1n) is 6.63. The van der Waals surface area contributed by atoms with Crippen LogP contribution in [-0.2, 0) is 16.4 Å². The lowest BCUT2D eigenvalue weighted by Crippen LogP contribution is -2.15. The lowest BCUT2D eigenvalue weighted by atomic mass is 10.3. The summed E-state index contributed by atoms with van der Waals surface area (Å²) < 4.78 is 45.1. The summed E-state index contributed by atoms with van der Waals surface area (Å²) in [6.07, 6.45) is 1.93. The number of benzene rings is 1. The second-order valence-electron chi connectivity index (χ2n) is 4.48. The van der Waals surface area contributed by atoms with Gasteiger partial charge in [-0.3, -0.25) is 0 Å². The van der Waals surface area contributed by atoms with Crippen LogP contribution in [0.2, 0.25) is 0 Å². The number of hydrogen-bond acceptors (Lipinski definition) is 4. The monoisotopic (exact) mass is 312 g/mol. The Balaban J connectivity index is 2.56. The highest BCUT2D eigenvalue weighted by atomic mass is 32.2. The fraction of sp³-hybridized carbons (Fsp3) is 0.357. The molecule has 0 saturated carbocycles. The summed E-state index contributed by atoms with van der Waals surface area (Å²) in [5, 5.41) is 0. The average Bonchev–Trinajstić information content (AvgIpc) is 2.83. The van der Waals surface area contributed by atoms with E-state index in [1.165, 1.54) is 18.3 Å². The summed E-state index contributed by atoms with van der Waals surface area (Å²) in [7, 11) is -3.81. The summed E-state index contributed by atoms with van der Waals surface area (Å²) in [6.45, 7) is 5.51. The van der Waals surface area contributed by atoms with Crippen LogP contribution in [0.25, 0.3) is 0 Å². The molecule has 0 amide bonds. The highest BCUT2D eigenvalue weighted by Crippen LogP contribution is 2.24. The van der Waals surface area contributed by atoms with Crippen molar-refractivity contribution < 1.29 is 17.5 Å². The Morgan fingerprint density at radius 1 is 1.33 bits per heavy atom. The van der Waals surface area contributed by atoms with E-state index in [4.69, 9.17) is 4.74 Å². The number of halogens is 1. The summed E-state index contributed by atoms with van der Waals surface area (Å²) in [4.78, 5) is 4.15. The third-order valence-electron chi connectivity index (χ3n) is 2.94. The van der Waals surface area contributed by atoms with Crippen molar-refractivity contribution in [2.45, 2.75) is 32.1 Å². The van der Waals surface area contributed by atoms with Crippen LogP contribution in [0.15, 0.2) is 29.3 Å². The van der Waals surface area contributed by atoms with Crippen molar-refractivity contribution in [2.75, 3.05) is 6.61 Å². The van der Waals surface area contributed by atoms with E-state index < -0.39 is 15.8 Å². The topological polar surface area (TPSA) is 61.2 Å². The Labute approximate surface area is 123 Å². The number of aromatic nitrogens is 2. The van der Waals surface area contributed by atoms with Crippen LogP contribution in [0.3, 0.4) is 0 Å². The standard InChI is InChI=1S/C14H17FN2O3S/c1-4-14-16-10(3)9-17(14)21(18,19)11-6-7-12(15)13(8-11)20-5-2/h6-9H,4-5H2,1-3H3. The first-order valence-corrected chi connectivity index (χ1v) is 8.07. The number of rotatable bonds is 5. The van der Waals surface area contributed by atoms with Crippen LogP contribution >= 0.6 is 0 Å². The minimum absolute atomic E-state index is 0.0283. The van der Waals surface area contributed by atoms with Crippen molar-refractivity contribution in [3.8, 4) is 5.75 Å². The second-order valence-corrected chi connectivity index (χ2v) is 6.29. The molecule has 0 aliphatic carbocycles. The lowest BCUT2D eigenvalue weighted by molar-refractivity contribution is 0.320. The number of ether oxygens (including phenoxy) is 1. The molecule has 2 aromatic rings. The summed E-state index contributed by atoms with van der Waals surface area (Å²) in [5.41, 5.74) is 0.613. The highest BCUT2D eigenvalue weighted by molar-refractivity contribution is 7.90. The molecule has 21 heavy (non-hydrogen) atoms. The number of aryl methyl sites for hydroxylation is 2. The Morgan fingerprint density at radius 3 is 2.67 bits per heavy atom. The van der Waals surface area contributed by atoms with Gasteiger partial charge in [-0.25, -0.2) is 21.8 Å². The fourth-order valence-electron chi connectivity index (χ4n) is 1.99. The molecule has 1 aromatic carbocycles. The molecule has 114 valence electrons. The van der Waals surface area contributed by atoms with Crippen LogP contribution in [0, 0.1) is 12.7 Å². The van der Waals surface area contributed by atoms with Crippen molar-refractivity contribution in [1.29, 1.82) is 0 Å². The Morgan fingerprint density at radius 2 is 2.05 bits per heavy atom. The molecule has 1 aromatic heterocycles. The first-order chi connectivity index (χ1) is 9.90. The molecule has 0 atom stereocenters. The fourth-order valence-corrected chi connectivity index (χ4v) is 3.45. The molecular weight excluding hydrogens is 295 g/mol. The van der Waals surface area contributed by atoms with E-state index >= 15 is 0 Å². The van der Waals surface area contributed by atoms with Gasteiger partial charge < -0.3 is 4.74 Å². The Hall–Kier alpha value is -1.89. The van der Waals surface area contributed by atoms with Crippen LogP contribution in [0.1, 0.15) is 25.4 Å². The predicted octanol–water partition coefficient (Wildman–Crippen LogP) is 2.53. The van der Waals surface area contributed by atoms with Gasteiger partial charge >= 0.3 is 0 Å². The molecule has 7 heteroatoms. The van der Waals surface area contributed by atoms with Crippen molar-refractivity contribution >= 4 is 10.0 Å². The van der Waals surface area contributed by atoms with Gasteiger partial charge in [-0.1, -0.05) is 6.92 Å². The van der Waals surface area contributed by atoms with Crippen molar-refractivity contribution in [2.24, 2.45) is 0 Å². The quantitative estimate of drug-likeness (QED) is 0.851. The third kappa shape index (κ3) is 2.92. The van der Waals surface area contributed by atoms with E-state index in [-0.39, 0.29) is 17.3 Å². The molecular formula is C14H17FN2O3S. The molecule has 0 spiro atoms. The normalized spacial score (nSPS) is 11.6. The number of hydrogen-bond donors (Lipinski definition) is 0. The molecule has 0 N–H and O–H groups in total. The Bertz CT molecular complexity index is 754. The lowest BCUT2D eigenvalue weighted by Gasteiger charge is -2.10. The van der Waals surface area contributed by atoms with Gasteiger partial charge in [0.05, 0.1) is 17.2 Å². The molecule has 5 nitrogen and oxygen atoms in total. The maximum atomic E-state index is 13.6. The SMILES string of the molecule is CCOc1cc(S(=O)(=O)n2cc(C)nc2CC)ccc1F. The molecule has 0 unspecified atom stereocenters. The zero-order valence-electron chi connectivity index (χ0n) is 12.1. The first kappa shape index (κ1) is 15.5. The molecule has 2 rings (SSSR count). The third-order valence-corrected chi connectivity index (χ3v) is 4.62. The van der Waals surface area contributed by atoms with Gasteiger partial charge in [0.2, 0.25) is 0 Å². The molecule has 0 saturated heterocycles. The summed E-state index contributed by atoms with van der Waals surface area (Å²) in [5.74, 6) is -0.225. The predicted molar refractivity (Wildman–Crippen MR) is 76.5 cm³/mol. The van der Waals surface area contributed by atoms with Crippen LogP contribution in [0.5, 0.6) is 5.75 Å². The zero-order chi connectivity index (χ0) is 15.6. The maximum absolute atomic E-state index is 13.6. The molecule has 0 radical (unpaired) electrons. The van der Waals surface area contributed by atoms with Gasteiger partial charge in [0.1, 0.15) is 5.82 Å². The van der Waals surface area contributed by atoms with Gasteiger partial charge in [0.25, 0.3) is 10.0 Å². The minimum atomic E-state index is -3.81. The van der Waals surface area contributed by atoms with E-state index in [1.54, 1.807) is 13.8 Å². The van der Waals surface area contributed by atoms with Gasteiger partial charge in [-0.05, 0) is 26.0 Å². The number of nitrogens with zero attached hydrogens (tertiary/aromatic N) is 2. The Kier molecular flexibility index (Phi) is 4.32. The molecule has 0 bridgehead atoms. The van der Waals surface area contributed by atoms with E-state index in [9.17, 15) is 12.8 Å². The highest BCUT2D eigenvalue weighted by Gasteiger charge is 2.22. The van der Waals surface area contributed by atoms with Crippen molar-refractivity contribution in [3.63, 3.8) is 0 Å². The van der Waals surface area contributed by atoms with E-state index in [1.807, 2.05) is 6.92 Å². The molecule has 0 aliphatic rings. The van der Waals surface area contributed by atoms with Crippen molar-refractivity contribution in [3.05, 3.63) is 41.7 Å². The van der Waals surface area contributed by atoms with E-state index in [0.717, 1.165) is 10.0 Å². The smallest absolute Gasteiger partial charge is 0.269 e. The number of imidazole rings is 1. The van der Waals surface area contributed by atoms with Gasteiger partial charge in [0, 0.05) is 18.7 Å². The van der Waals surface area contributed by atoms with Crippen LogP contribution in [0.4, 0.5) is 4.39 Å². The van der Waals surface area contributed by atoms with Gasteiger partial charge in [0.15, 0.2) is 11.6 Å². The molecule has 0 fully saturated rings. The summed E-state index contributed by atoms with van der Waals surface area (Å²) in [6, 6.07) is 3.51. The summed E-state index contributed by atoms with van der Waals surface area (Å²) >= 11 is 0. The van der Waals surface area contributed by atoms with Gasteiger partial charge in [-0.15, -0.1) is 0 Å². The zero-order valence-corrected chi connectivity index (χ0v) is 12.9. The maximum Gasteiger partial charge on any atom is 0.269 e. The molecule has 0 aliphatic heterocycles. The van der Waals surface area contributed by atoms with Crippen molar-refractivity contribution in [1.82, 2.24) is 8.96 Å². The van der Waals surface area contributed by atoms with Gasteiger partial charge in [-0.2, -0.15) is 0 Å². The largest absolute Gasteiger partial charge is 0.491 e. The van der Waals surface area contributed by atoms with E-state index in [0.29, 0.717) is 17.9 Å². The van der Waals surface area contributed by atoms with Crippen LogP contribution < -0.4 is 4.74 Å². The average molecular weight is 312 g/mol. The molecule has 1 heterocycles. The van der Waals surface area contributed by atoms with Crippen LogP contribution in [-0.4, -0.2) is 24.0 Å². The van der Waals surface area contributed by atoms with E-state index in [2.05, 4.69) is 4.98 Å².